The van der Waals surface area contributed by atoms with Crippen molar-refractivity contribution in [2.24, 2.45) is 4.99 Å². The van der Waals surface area contributed by atoms with Gasteiger partial charge in [0.1, 0.15) is 6.61 Å². The van der Waals surface area contributed by atoms with Gasteiger partial charge in [0, 0.05) is 0 Å². The first-order valence-electron chi connectivity index (χ1n) is 6.56. The van der Waals surface area contributed by atoms with Gasteiger partial charge in [-0.15, -0.1) is 0 Å². The molecule has 1 aliphatic heterocycles. The largest absolute Gasteiger partial charge is 0.442 e. The molecule has 0 spiro atoms. The molecule has 1 rings (SSSR count). The van der Waals surface area contributed by atoms with Crippen molar-refractivity contribution < 1.29 is 9.53 Å². The molecule has 0 saturated carbocycles. The SMILES string of the molecule is CCCCCCCCCCC1=NC(=O)OC1. The summed E-state index contributed by atoms with van der Waals surface area (Å²) in [4.78, 5) is 14.5. The van der Waals surface area contributed by atoms with Crippen molar-refractivity contribution in [3.63, 3.8) is 0 Å². The van der Waals surface area contributed by atoms with Crippen LogP contribution in [0.1, 0.15) is 64.7 Å². The van der Waals surface area contributed by atoms with Crippen LogP contribution in [0.5, 0.6) is 0 Å². The summed E-state index contributed by atoms with van der Waals surface area (Å²) in [6, 6.07) is 0. The molecule has 0 aromatic rings. The van der Waals surface area contributed by atoms with Crippen LogP contribution in [0.15, 0.2) is 4.99 Å². The normalized spacial score (nSPS) is 15.1. The van der Waals surface area contributed by atoms with E-state index in [1.165, 1.54) is 44.9 Å². The van der Waals surface area contributed by atoms with Crippen molar-refractivity contribution in [2.75, 3.05) is 6.61 Å². The minimum Gasteiger partial charge on any atom is -0.442 e. The molecule has 0 aliphatic carbocycles. The lowest BCUT2D eigenvalue weighted by Crippen LogP contribution is -2.00. The minimum absolute atomic E-state index is 0.408. The predicted octanol–water partition coefficient (Wildman–Crippen LogP) is 4.11. The van der Waals surface area contributed by atoms with E-state index in [2.05, 4.69) is 11.9 Å². The van der Waals surface area contributed by atoms with E-state index >= 15 is 0 Å². The van der Waals surface area contributed by atoms with Gasteiger partial charge in [0.25, 0.3) is 0 Å². The number of nitrogens with zero attached hydrogens (tertiary/aromatic N) is 1. The lowest BCUT2D eigenvalue weighted by Gasteiger charge is -2.01. The minimum atomic E-state index is -0.408. The number of aliphatic imine (C=N–C) groups is 1. The number of carbonyl (C=O) groups is 1. The van der Waals surface area contributed by atoms with Crippen molar-refractivity contribution in [3.8, 4) is 0 Å². The van der Waals surface area contributed by atoms with Gasteiger partial charge in [-0.1, -0.05) is 51.9 Å². The highest BCUT2D eigenvalue weighted by Crippen LogP contribution is 2.11. The van der Waals surface area contributed by atoms with Gasteiger partial charge < -0.3 is 4.74 Å². The van der Waals surface area contributed by atoms with Crippen LogP contribution in [0.4, 0.5) is 4.79 Å². The molecule has 0 aromatic carbocycles. The van der Waals surface area contributed by atoms with E-state index < -0.39 is 6.09 Å². The highest BCUT2D eigenvalue weighted by atomic mass is 16.6. The van der Waals surface area contributed by atoms with Crippen molar-refractivity contribution in [1.82, 2.24) is 0 Å². The Hall–Kier alpha value is -0.860. The number of unbranched alkanes of at least 4 members (excludes halogenated alkanes) is 7. The van der Waals surface area contributed by atoms with Crippen molar-refractivity contribution >= 4 is 11.8 Å². The molecule has 1 amide bonds. The molecular weight excluding hydrogens is 202 g/mol. The highest BCUT2D eigenvalue weighted by Gasteiger charge is 2.13. The summed E-state index contributed by atoms with van der Waals surface area (Å²) in [5, 5.41) is 0. The molecule has 0 saturated heterocycles. The maximum absolute atomic E-state index is 10.7. The number of carbonyl (C=O) groups excluding carboxylic acids is 1. The van der Waals surface area contributed by atoms with Crippen molar-refractivity contribution in [1.29, 1.82) is 0 Å². The van der Waals surface area contributed by atoms with Crippen LogP contribution < -0.4 is 0 Å². The summed E-state index contributed by atoms with van der Waals surface area (Å²) in [7, 11) is 0. The van der Waals surface area contributed by atoms with E-state index in [1.807, 2.05) is 0 Å². The number of rotatable bonds is 9. The molecule has 92 valence electrons. The first-order valence-corrected chi connectivity index (χ1v) is 6.56. The number of cyclic esters (lactones) is 1. The summed E-state index contributed by atoms with van der Waals surface area (Å²) >= 11 is 0. The molecule has 0 aromatic heterocycles. The molecule has 3 nitrogen and oxygen atoms in total. The summed E-state index contributed by atoms with van der Waals surface area (Å²) in [5.41, 5.74) is 0.927. The van der Waals surface area contributed by atoms with Gasteiger partial charge in [0.15, 0.2) is 0 Å². The number of hydrogen-bond acceptors (Lipinski definition) is 2. The van der Waals surface area contributed by atoms with Crippen LogP contribution in [-0.2, 0) is 4.74 Å². The Morgan fingerprint density at radius 2 is 1.69 bits per heavy atom. The Balaban J connectivity index is 1.85. The van der Waals surface area contributed by atoms with E-state index in [0.29, 0.717) is 6.61 Å². The zero-order valence-corrected chi connectivity index (χ0v) is 10.3. The monoisotopic (exact) mass is 225 g/mol. The Bertz CT molecular complexity index is 236. The van der Waals surface area contributed by atoms with Gasteiger partial charge in [0.05, 0.1) is 5.71 Å². The first-order chi connectivity index (χ1) is 7.83. The summed E-state index contributed by atoms with van der Waals surface area (Å²) in [6.45, 7) is 2.67. The number of hydrogen-bond donors (Lipinski definition) is 0. The fraction of sp³-hybridized carbons (Fsp3) is 0.846. The Morgan fingerprint density at radius 1 is 1.06 bits per heavy atom. The second-order valence-electron chi connectivity index (χ2n) is 4.46. The predicted molar refractivity (Wildman–Crippen MR) is 66.0 cm³/mol. The first kappa shape index (κ1) is 13.2. The molecule has 0 unspecified atom stereocenters. The third-order valence-electron chi connectivity index (χ3n) is 2.93. The van der Waals surface area contributed by atoms with Gasteiger partial charge in [-0.3, -0.25) is 0 Å². The molecule has 0 N–H and O–H groups in total. The van der Waals surface area contributed by atoms with Gasteiger partial charge in [-0.2, -0.15) is 4.99 Å². The van der Waals surface area contributed by atoms with Gasteiger partial charge in [-0.05, 0) is 12.8 Å². The Labute approximate surface area is 98.3 Å². The molecule has 1 heterocycles. The molecule has 0 bridgehead atoms. The van der Waals surface area contributed by atoms with Crippen molar-refractivity contribution in [2.45, 2.75) is 64.7 Å². The van der Waals surface area contributed by atoms with E-state index in [0.717, 1.165) is 18.6 Å². The smallest absolute Gasteiger partial charge is 0.433 e. The highest BCUT2D eigenvalue weighted by molar-refractivity contribution is 5.98. The zero-order valence-electron chi connectivity index (χ0n) is 10.3. The second-order valence-corrected chi connectivity index (χ2v) is 4.46. The van der Waals surface area contributed by atoms with Crippen LogP contribution in [0.25, 0.3) is 0 Å². The topological polar surface area (TPSA) is 38.7 Å². The standard InChI is InChI=1S/C13H23NO2/c1-2-3-4-5-6-7-8-9-10-12-11-16-13(15)14-12/h2-11H2,1H3. The fourth-order valence-electron chi connectivity index (χ4n) is 1.93. The summed E-state index contributed by atoms with van der Waals surface area (Å²) < 4.78 is 4.75. The number of amides is 1. The Kier molecular flexibility index (Phi) is 6.86. The lowest BCUT2D eigenvalue weighted by molar-refractivity contribution is 0.181. The van der Waals surface area contributed by atoms with Gasteiger partial charge in [-0.25, -0.2) is 4.79 Å². The van der Waals surface area contributed by atoms with Crippen LogP contribution in [0, 0.1) is 0 Å². The van der Waals surface area contributed by atoms with Crippen molar-refractivity contribution in [3.05, 3.63) is 0 Å². The maximum atomic E-state index is 10.7. The van der Waals surface area contributed by atoms with Crippen LogP contribution in [0.2, 0.25) is 0 Å². The Morgan fingerprint density at radius 3 is 2.25 bits per heavy atom. The van der Waals surface area contributed by atoms with Crippen LogP contribution >= 0.6 is 0 Å². The summed E-state index contributed by atoms with van der Waals surface area (Å²) in [6.07, 6.45) is 11.0. The average molecular weight is 225 g/mol. The van der Waals surface area contributed by atoms with Gasteiger partial charge >= 0.3 is 6.09 Å². The average Bonchev–Trinajstić information content (AvgIpc) is 2.68. The van der Waals surface area contributed by atoms with Crippen LogP contribution in [0.3, 0.4) is 0 Å². The quantitative estimate of drug-likeness (QED) is 0.554. The van der Waals surface area contributed by atoms with E-state index in [4.69, 9.17) is 4.74 Å². The lowest BCUT2D eigenvalue weighted by atomic mass is 10.1. The second kappa shape index (κ2) is 8.31. The van der Waals surface area contributed by atoms with Crippen LogP contribution in [-0.4, -0.2) is 18.4 Å². The molecule has 1 aliphatic rings. The number of ether oxygens (including phenoxy) is 1. The van der Waals surface area contributed by atoms with E-state index in [-0.39, 0.29) is 0 Å². The molecule has 0 atom stereocenters. The molecule has 3 heteroatoms. The zero-order chi connectivity index (χ0) is 11.6. The molecule has 16 heavy (non-hydrogen) atoms. The van der Waals surface area contributed by atoms with E-state index in [1.54, 1.807) is 0 Å². The van der Waals surface area contributed by atoms with E-state index in [9.17, 15) is 4.79 Å². The molecule has 0 radical (unpaired) electrons. The molecular formula is C13H23NO2. The third-order valence-corrected chi connectivity index (χ3v) is 2.93. The summed E-state index contributed by atoms with van der Waals surface area (Å²) in [5.74, 6) is 0. The van der Waals surface area contributed by atoms with Gasteiger partial charge in [0.2, 0.25) is 0 Å². The maximum Gasteiger partial charge on any atom is 0.433 e. The third kappa shape index (κ3) is 5.89. The fourth-order valence-corrected chi connectivity index (χ4v) is 1.93. The molecule has 0 fully saturated rings.